The monoisotopic (exact) mass is 293 g/mol. The summed E-state index contributed by atoms with van der Waals surface area (Å²) in [5.74, 6) is 2.31. The van der Waals surface area contributed by atoms with E-state index in [4.69, 9.17) is 10.5 Å². The molecule has 0 aromatic rings. The molecule has 0 aromatic carbocycles. The lowest BCUT2D eigenvalue weighted by Gasteiger charge is -2.37. The average molecular weight is 293 g/mol. The Morgan fingerprint density at radius 3 is 2.94 bits per heavy atom. The van der Waals surface area contributed by atoms with Crippen molar-refractivity contribution in [3.8, 4) is 0 Å². The molecule has 2 heterocycles. The molecule has 0 aromatic heterocycles. The van der Waals surface area contributed by atoms with Gasteiger partial charge in [-0.25, -0.2) is 8.42 Å². The van der Waals surface area contributed by atoms with Crippen molar-refractivity contribution in [2.45, 2.75) is 37.0 Å². The molecule has 0 bridgehead atoms. The smallest absolute Gasteiger partial charge is 0.153 e. The summed E-state index contributed by atoms with van der Waals surface area (Å²) >= 11 is 1.87. The number of ether oxygens (including phenoxy) is 1. The molecule has 2 N–H and O–H groups in total. The zero-order chi connectivity index (χ0) is 13.2. The number of hydrogen-bond acceptors (Lipinski definition) is 5. The molecule has 2 aliphatic heterocycles. The van der Waals surface area contributed by atoms with Gasteiger partial charge in [0.1, 0.15) is 0 Å². The van der Waals surface area contributed by atoms with Crippen LogP contribution in [0.4, 0.5) is 0 Å². The third-order valence-electron chi connectivity index (χ3n) is 3.94. The van der Waals surface area contributed by atoms with Crippen LogP contribution in [0.15, 0.2) is 0 Å². The Hall–Kier alpha value is 0.220. The molecule has 2 fully saturated rings. The van der Waals surface area contributed by atoms with Crippen molar-refractivity contribution >= 4 is 21.6 Å². The van der Waals surface area contributed by atoms with Crippen molar-refractivity contribution < 1.29 is 13.2 Å². The fraction of sp³-hybridized carbons (Fsp3) is 1.00. The number of rotatable bonds is 4. The predicted octanol–water partition coefficient (Wildman–Crippen LogP) is 1.05. The van der Waals surface area contributed by atoms with Gasteiger partial charge in [0.25, 0.3) is 0 Å². The van der Waals surface area contributed by atoms with Crippen LogP contribution in [-0.4, -0.2) is 49.7 Å². The summed E-state index contributed by atoms with van der Waals surface area (Å²) in [6.07, 6.45) is 2.32. The predicted molar refractivity (Wildman–Crippen MR) is 75.7 cm³/mol. The maximum absolute atomic E-state index is 12.4. The summed E-state index contributed by atoms with van der Waals surface area (Å²) < 4.78 is 30.6. The van der Waals surface area contributed by atoms with Gasteiger partial charge in [-0.15, -0.1) is 0 Å². The third-order valence-corrected chi connectivity index (χ3v) is 7.62. The summed E-state index contributed by atoms with van der Waals surface area (Å²) in [5, 5.41) is -0.223. The highest BCUT2D eigenvalue weighted by Crippen LogP contribution is 2.40. The van der Waals surface area contributed by atoms with Gasteiger partial charge in [0.05, 0.1) is 16.6 Å². The molecule has 0 radical (unpaired) electrons. The largest absolute Gasteiger partial charge is 0.374 e. The van der Waals surface area contributed by atoms with Gasteiger partial charge < -0.3 is 10.5 Å². The second-order valence-corrected chi connectivity index (χ2v) is 9.05. The SMILES string of the molecule is CC(CN)CS(=O)(=O)C1CCOC2(CCSC2)C1. The van der Waals surface area contributed by atoms with Crippen molar-refractivity contribution in [2.75, 3.05) is 30.4 Å². The zero-order valence-corrected chi connectivity index (χ0v) is 12.6. The second kappa shape index (κ2) is 5.69. The minimum atomic E-state index is -3.03. The number of thioether (sulfide) groups is 1. The Labute approximate surface area is 114 Å². The van der Waals surface area contributed by atoms with Gasteiger partial charge in [-0.2, -0.15) is 11.8 Å². The molecule has 2 aliphatic rings. The number of nitrogens with two attached hydrogens (primary N) is 1. The van der Waals surface area contributed by atoms with Crippen LogP contribution >= 0.6 is 11.8 Å². The van der Waals surface area contributed by atoms with E-state index in [2.05, 4.69) is 0 Å². The first kappa shape index (κ1) is 14.6. The molecular formula is C12H23NO3S2. The Morgan fingerprint density at radius 1 is 1.56 bits per heavy atom. The Balaban J connectivity index is 2.04. The van der Waals surface area contributed by atoms with Crippen LogP contribution in [0.5, 0.6) is 0 Å². The van der Waals surface area contributed by atoms with Crippen LogP contribution < -0.4 is 5.73 Å². The molecule has 0 amide bonds. The molecule has 1 spiro atoms. The summed E-state index contributed by atoms with van der Waals surface area (Å²) in [6.45, 7) is 2.92. The van der Waals surface area contributed by atoms with E-state index in [1.807, 2.05) is 18.7 Å². The highest BCUT2D eigenvalue weighted by atomic mass is 32.2. The molecule has 106 valence electrons. The molecule has 2 rings (SSSR count). The van der Waals surface area contributed by atoms with Gasteiger partial charge in [-0.1, -0.05) is 6.92 Å². The lowest BCUT2D eigenvalue weighted by molar-refractivity contribution is -0.0572. The van der Waals surface area contributed by atoms with Crippen LogP contribution in [0, 0.1) is 5.92 Å². The minimum absolute atomic E-state index is 0.0479. The topological polar surface area (TPSA) is 69.4 Å². The number of sulfone groups is 1. The maximum atomic E-state index is 12.4. The first-order valence-corrected chi connectivity index (χ1v) is 9.48. The van der Waals surface area contributed by atoms with E-state index in [-0.39, 0.29) is 22.5 Å². The van der Waals surface area contributed by atoms with E-state index in [9.17, 15) is 8.42 Å². The van der Waals surface area contributed by atoms with Gasteiger partial charge in [-0.3, -0.25) is 0 Å². The summed E-state index contributed by atoms with van der Waals surface area (Å²) in [4.78, 5) is 0. The fourth-order valence-corrected chi connectivity index (χ4v) is 6.35. The van der Waals surface area contributed by atoms with Gasteiger partial charge in [-0.05, 0) is 37.5 Å². The van der Waals surface area contributed by atoms with Crippen molar-refractivity contribution in [3.05, 3.63) is 0 Å². The van der Waals surface area contributed by atoms with E-state index in [0.29, 0.717) is 26.0 Å². The molecule has 6 heteroatoms. The molecule has 4 nitrogen and oxygen atoms in total. The summed E-state index contributed by atoms with van der Waals surface area (Å²) in [6, 6.07) is 0. The quantitative estimate of drug-likeness (QED) is 0.839. The molecule has 18 heavy (non-hydrogen) atoms. The van der Waals surface area contributed by atoms with Crippen molar-refractivity contribution in [1.82, 2.24) is 0 Å². The van der Waals surface area contributed by atoms with E-state index in [1.54, 1.807) is 0 Å². The first-order chi connectivity index (χ1) is 8.47. The van der Waals surface area contributed by atoms with E-state index >= 15 is 0 Å². The molecule has 3 unspecified atom stereocenters. The van der Waals surface area contributed by atoms with Crippen LogP contribution in [0.1, 0.15) is 26.2 Å². The zero-order valence-electron chi connectivity index (χ0n) is 10.9. The lowest BCUT2D eigenvalue weighted by Crippen LogP contribution is -2.45. The third kappa shape index (κ3) is 3.21. The number of hydrogen-bond donors (Lipinski definition) is 1. The first-order valence-electron chi connectivity index (χ1n) is 6.61. The normalized spacial score (nSPS) is 34.9. The molecule has 3 atom stereocenters. The highest BCUT2D eigenvalue weighted by molar-refractivity contribution is 7.99. The Morgan fingerprint density at radius 2 is 2.33 bits per heavy atom. The summed E-state index contributed by atoms with van der Waals surface area (Å²) in [5.41, 5.74) is 5.37. The Bertz CT molecular complexity index is 377. The standard InChI is InChI=1S/C12H23NO3S2/c1-10(7-13)8-18(14,15)11-2-4-16-12(6-11)3-5-17-9-12/h10-11H,2-9,13H2,1H3. The van der Waals surface area contributed by atoms with Gasteiger partial charge in [0.2, 0.25) is 0 Å². The lowest BCUT2D eigenvalue weighted by atomic mass is 9.93. The van der Waals surface area contributed by atoms with Crippen LogP contribution in [0.25, 0.3) is 0 Å². The van der Waals surface area contributed by atoms with E-state index in [0.717, 1.165) is 17.9 Å². The van der Waals surface area contributed by atoms with Gasteiger partial charge in [0, 0.05) is 12.4 Å². The van der Waals surface area contributed by atoms with E-state index in [1.165, 1.54) is 0 Å². The fourth-order valence-electron chi connectivity index (χ4n) is 2.75. The van der Waals surface area contributed by atoms with Gasteiger partial charge in [0.15, 0.2) is 9.84 Å². The average Bonchev–Trinajstić information content (AvgIpc) is 2.76. The molecule has 0 aliphatic carbocycles. The maximum Gasteiger partial charge on any atom is 0.153 e. The van der Waals surface area contributed by atoms with Gasteiger partial charge >= 0.3 is 0 Å². The van der Waals surface area contributed by atoms with Crippen molar-refractivity contribution in [1.29, 1.82) is 0 Å². The second-order valence-electron chi connectivity index (χ2n) is 5.62. The van der Waals surface area contributed by atoms with Crippen LogP contribution in [0.2, 0.25) is 0 Å². The molecular weight excluding hydrogens is 270 g/mol. The van der Waals surface area contributed by atoms with Crippen molar-refractivity contribution in [3.63, 3.8) is 0 Å². The molecule has 0 saturated carbocycles. The van der Waals surface area contributed by atoms with Crippen LogP contribution in [-0.2, 0) is 14.6 Å². The van der Waals surface area contributed by atoms with Crippen LogP contribution in [0.3, 0.4) is 0 Å². The van der Waals surface area contributed by atoms with E-state index < -0.39 is 9.84 Å². The summed E-state index contributed by atoms with van der Waals surface area (Å²) in [7, 11) is -3.03. The Kier molecular flexibility index (Phi) is 4.62. The minimum Gasteiger partial charge on any atom is -0.374 e. The highest BCUT2D eigenvalue weighted by Gasteiger charge is 2.44. The molecule has 2 saturated heterocycles. The van der Waals surface area contributed by atoms with Crippen molar-refractivity contribution in [2.24, 2.45) is 11.7 Å².